The van der Waals surface area contributed by atoms with Crippen molar-refractivity contribution in [3.8, 4) is 6.07 Å². The molecule has 2 aliphatic carbocycles. The highest BCUT2D eigenvalue weighted by Gasteiger charge is 2.47. The molecule has 1 amide bonds. The smallest absolute Gasteiger partial charge is 0.251 e. The zero-order chi connectivity index (χ0) is 18.1. The van der Waals surface area contributed by atoms with Gasteiger partial charge in [-0.25, -0.2) is 0 Å². The van der Waals surface area contributed by atoms with Crippen LogP contribution in [0.4, 0.5) is 0 Å². The maximum absolute atomic E-state index is 12.8. The number of nitrogens with one attached hydrogen (secondary N) is 2. The molecule has 1 unspecified atom stereocenters. The van der Waals surface area contributed by atoms with Gasteiger partial charge in [0, 0.05) is 16.8 Å². The summed E-state index contributed by atoms with van der Waals surface area (Å²) < 4.78 is 1.91. The van der Waals surface area contributed by atoms with Crippen molar-refractivity contribution in [3.05, 3.63) is 46.7 Å². The van der Waals surface area contributed by atoms with Gasteiger partial charge in [-0.2, -0.15) is 5.26 Å². The SMILES string of the molecule is N#CC1(n2cc(C(NC(=O)c3cccc(Cl)c3)C3CCCCC3)[nH]2)CC1. The molecule has 5 nitrogen and oxygen atoms in total. The Kier molecular flexibility index (Phi) is 4.54. The van der Waals surface area contributed by atoms with E-state index in [1.54, 1.807) is 24.3 Å². The molecule has 2 fully saturated rings. The van der Waals surface area contributed by atoms with Gasteiger partial charge in [0.2, 0.25) is 0 Å². The van der Waals surface area contributed by atoms with E-state index in [9.17, 15) is 10.1 Å². The highest BCUT2D eigenvalue weighted by molar-refractivity contribution is 6.30. The van der Waals surface area contributed by atoms with Gasteiger partial charge in [-0.05, 0) is 49.8 Å². The number of H-pyrrole nitrogens is 1. The lowest BCUT2D eigenvalue weighted by Crippen LogP contribution is -2.38. The number of carbonyl (C=O) groups excluding carboxylic acids is 1. The van der Waals surface area contributed by atoms with Gasteiger partial charge < -0.3 is 5.32 Å². The molecule has 1 aromatic heterocycles. The summed E-state index contributed by atoms with van der Waals surface area (Å²) in [5, 5.41) is 16.4. The number of hydrogen-bond acceptors (Lipinski definition) is 2. The first-order valence-electron chi connectivity index (χ1n) is 9.37. The fourth-order valence-electron chi connectivity index (χ4n) is 3.95. The second-order valence-electron chi connectivity index (χ2n) is 7.57. The minimum Gasteiger partial charge on any atom is -0.343 e. The number of carbonyl (C=O) groups is 1. The molecule has 6 heteroatoms. The summed E-state index contributed by atoms with van der Waals surface area (Å²) in [4.78, 5) is 12.8. The van der Waals surface area contributed by atoms with E-state index in [1.807, 2.05) is 10.9 Å². The van der Waals surface area contributed by atoms with Gasteiger partial charge in [0.1, 0.15) is 5.54 Å². The van der Waals surface area contributed by atoms with Crippen LogP contribution in [0.2, 0.25) is 5.02 Å². The highest BCUT2D eigenvalue weighted by atomic mass is 35.5. The summed E-state index contributed by atoms with van der Waals surface area (Å²) in [7, 11) is 0. The Labute approximate surface area is 158 Å². The molecular formula is C20H23ClN4O. The van der Waals surface area contributed by atoms with Crippen LogP contribution in [0, 0.1) is 17.2 Å². The van der Waals surface area contributed by atoms with Crippen LogP contribution in [-0.4, -0.2) is 15.7 Å². The Balaban J connectivity index is 1.54. The second kappa shape index (κ2) is 6.85. The quantitative estimate of drug-likeness (QED) is 0.811. The molecule has 1 atom stereocenters. The van der Waals surface area contributed by atoms with E-state index in [4.69, 9.17) is 11.6 Å². The summed E-state index contributed by atoms with van der Waals surface area (Å²) in [6.07, 6.45) is 9.69. The molecule has 0 spiro atoms. The number of benzene rings is 1. The molecule has 1 heterocycles. The number of aromatic nitrogens is 2. The van der Waals surface area contributed by atoms with E-state index in [0.29, 0.717) is 16.5 Å². The third-order valence-corrected chi connectivity index (χ3v) is 5.98. The third kappa shape index (κ3) is 3.26. The number of nitriles is 1. The lowest BCUT2D eigenvalue weighted by molar-refractivity contribution is 0.0908. The summed E-state index contributed by atoms with van der Waals surface area (Å²) in [6, 6.07) is 9.36. The van der Waals surface area contributed by atoms with Crippen LogP contribution in [-0.2, 0) is 5.54 Å². The second-order valence-corrected chi connectivity index (χ2v) is 8.01. The molecule has 26 heavy (non-hydrogen) atoms. The first-order chi connectivity index (χ1) is 12.6. The standard InChI is InChI=1S/C20H23ClN4O/c21-16-8-4-7-15(11-16)19(26)23-18(14-5-2-1-3-6-14)17-12-25(24-17)20(13-22)9-10-20/h4,7-8,11-12,14,18,24H,1-3,5-6,9-10H2,(H,23,26). The topological polar surface area (TPSA) is 73.6 Å². The van der Waals surface area contributed by atoms with E-state index in [2.05, 4.69) is 16.5 Å². The van der Waals surface area contributed by atoms with Crippen molar-refractivity contribution in [2.45, 2.75) is 56.5 Å². The monoisotopic (exact) mass is 370 g/mol. The first-order valence-corrected chi connectivity index (χ1v) is 9.74. The largest absolute Gasteiger partial charge is 0.343 e. The molecule has 2 N–H and O–H groups in total. The molecular weight excluding hydrogens is 348 g/mol. The molecule has 1 aromatic carbocycles. The predicted octanol–water partition coefficient (Wildman–Crippen LogP) is 4.53. The van der Waals surface area contributed by atoms with E-state index < -0.39 is 0 Å². The van der Waals surface area contributed by atoms with Gasteiger partial charge in [-0.1, -0.05) is 36.9 Å². The van der Waals surface area contributed by atoms with Crippen molar-refractivity contribution in [2.24, 2.45) is 5.92 Å². The van der Waals surface area contributed by atoms with Crippen LogP contribution in [0.3, 0.4) is 0 Å². The number of aromatic amines is 1. The van der Waals surface area contributed by atoms with Crippen LogP contribution in [0.25, 0.3) is 0 Å². The summed E-state index contributed by atoms with van der Waals surface area (Å²) in [5.74, 6) is 0.315. The maximum atomic E-state index is 12.8. The highest BCUT2D eigenvalue weighted by Crippen LogP contribution is 2.44. The summed E-state index contributed by atoms with van der Waals surface area (Å²) in [6.45, 7) is 0. The third-order valence-electron chi connectivity index (χ3n) is 5.74. The van der Waals surface area contributed by atoms with Gasteiger partial charge in [-0.15, -0.1) is 0 Å². The van der Waals surface area contributed by atoms with Crippen molar-refractivity contribution in [2.75, 3.05) is 0 Å². The summed E-state index contributed by atoms with van der Waals surface area (Å²) in [5.41, 5.74) is 1.21. The van der Waals surface area contributed by atoms with Crippen molar-refractivity contribution in [1.82, 2.24) is 15.1 Å². The van der Waals surface area contributed by atoms with Crippen molar-refractivity contribution < 1.29 is 4.79 Å². The zero-order valence-corrected chi connectivity index (χ0v) is 15.4. The molecule has 0 radical (unpaired) electrons. The lowest BCUT2D eigenvalue weighted by Gasteiger charge is -2.34. The van der Waals surface area contributed by atoms with Gasteiger partial charge in [-0.3, -0.25) is 14.6 Å². The maximum Gasteiger partial charge on any atom is 0.251 e. The molecule has 2 aliphatic rings. The van der Waals surface area contributed by atoms with Crippen molar-refractivity contribution >= 4 is 17.5 Å². The van der Waals surface area contributed by atoms with Gasteiger partial charge >= 0.3 is 0 Å². The van der Waals surface area contributed by atoms with Crippen LogP contribution in [0.1, 0.15) is 67.0 Å². The Bertz CT molecular complexity index is 824. The van der Waals surface area contributed by atoms with Gasteiger partial charge in [0.25, 0.3) is 5.91 Å². The van der Waals surface area contributed by atoms with Crippen LogP contribution < -0.4 is 5.32 Å². The Hall–Kier alpha value is -2.19. The summed E-state index contributed by atoms with van der Waals surface area (Å²) >= 11 is 6.03. The molecule has 0 bridgehead atoms. The van der Waals surface area contributed by atoms with Crippen LogP contribution in [0.5, 0.6) is 0 Å². The average Bonchev–Trinajstić information content (AvgIpc) is 3.41. The minimum atomic E-state index is -0.377. The van der Waals surface area contributed by atoms with E-state index in [-0.39, 0.29) is 17.5 Å². The van der Waals surface area contributed by atoms with Crippen molar-refractivity contribution in [1.29, 1.82) is 5.26 Å². The van der Waals surface area contributed by atoms with E-state index >= 15 is 0 Å². The normalized spacial score (nSPS) is 20.3. The van der Waals surface area contributed by atoms with Crippen molar-refractivity contribution in [3.63, 3.8) is 0 Å². The predicted molar refractivity (Wildman–Crippen MR) is 99.8 cm³/mol. The number of halogens is 1. The average molecular weight is 371 g/mol. The Morgan fingerprint density at radius 1 is 1.35 bits per heavy atom. The fraction of sp³-hybridized carbons (Fsp3) is 0.500. The first kappa shape index (κ1) is 17.2. The molecule has 0 aliphatic heterocycles. The molecule has 0 saturated heterocycles. The Morgan fingerprint density at radius 3 is 2.69 bits per heavy atom. The molecule has 4 rings (SSSR count). The molecule has 2 saturated carbocycles. The van der Waals surface area contributed by atoms with Gasteiger partial charge in [0.05, 0.1) is 17.8 Å². The van der Waals surface area contributed by atoms with Gasteiger partial charge in [0.15, 0.2) is 0 Å². The molecule has 136 valence electrons. The van der Waals surface area contributed by atoms with Crippen LogP contribution in [0.15, 0.2) is 30.5 Å². The zero-order valence-electron chi connectivity index (χ0n) is 14.7. The fourth-order valence-corrected chi connectivity index (χ4v) is 4.14. The molecule has 2 aromatic rings. The Morgan fingerprint density at radius 2 is 2.08 bits per heavy atom. The number of nitrogens with zero attached hydrogens (tertiary/aromatic N) is 2. The number of amides is 1. The van der Waals surface area contributed by atoms with E-state index in [0.717, 1.165) is 31.4 Å². The number of rotatable bonds is 5. The van der Waals surface area contributed by atoms with Crippen LogP contribution >= 0.6 is 11.6 Å². The lowest BCUT2D eigenvalue weighted by atomic mass is 9.82. The minimum absolute atomic E-state index is 0.0486. The van der Waals surface area contributed by atoms with E-state index in [1.165, 1.54) is 19.3 Å². The number of hydrogen-bond donors (Lipinski definition) is 2.